The number of nitrogens with two attached hydrogens (primary N) is 1. The first-order valence-electron chi connectivity index (χ1n) is 4.59. The Labute approximate surface area is 91.5 Å². The minimum atomic E-state index is -0.382. The predicted molar refractivity (Wildman–Crippen MR) is 57.8 cm³/mol. The Kier molecular flexibility index (Phi) is 2.55. The summed E-state index contributed by atoms with van der Waals surface area (Å²) in [5, 5.41) is 2.62. The maximum atomic E-state index is 11.7. The SMILES string of the molecule is Cc1ncoc1C(=O)Nc1ccncc1N. The molecule has 0 spiro atoms. The molecule has 0 fully saturated rings. The maximum absolute atomic E-state index is 11.7. The van der Waals surface area contributed by atoms with Crippen molar-refractivity contribution in [1.29, 1.82) is 0 Å². The van der Waals surface area contributed by atoms with Crippen molar-refractivity contribution in [3.63, 3.8) is 0 Å². The number of rotatable bonds is 2. The molecule has 2 rings (SSSR count). The summed E-state index contributed by atoms with van der Waals surface area (Å²) in [6, 6.07) is 1.61. The highest BCUT2D eigenvalue weighted by atomic mass is 16.3. The summed E-state index contributed by atoms with van der Waals surface area (Å²) >= 11 is 0. The number of aromatic nitrogens is 2. The van der Waals surface area contributed by atoms with Crippen molar-refractivity contribution in [3.05, 3.63) is 36.3 Å². The molecule has 3 N–H and O–H groups in total. The van der Waals surface area contributed by atoms with E-state index >= 15 is 0 Å². The number of nitrogens with one attached hydrogen (secondary N) is 1. The largest absolute Gasteiger partial charge is 0.438 e. The molecule has 6 nitrogen and oxygen atoms in total. The highest BCUT2D eigenvalue weighted by Gasteiger charge is 2.14. The van der Waals surface area contributed by atoms with Crippen LogP contribution in [0.3, 0.4) is 0 Å². The van der Waals surface area contributed by atoms with Gasteiger partial charge in [-0.25, -0.2) is 4.98 Å². The van der Waals surface area contributed by atoms with Gasteiger partial charge < -0.3 is 15.5 Å². The second-order valence-corrected chi connectivity index (χ2v) is 3.18. The number of oxazole rings is 1. The van der Waals surface area contributed by atoms with Crippen LogP contribution in [0.4, 0.5) is 11.4 Å². The lowest BCUT2D eigenvalue weighted by molar-refractivity contribution is 0.0996. The highest BCUT2D eigenvalue weighted by Crippen LogP contribution is 2.17. The normalized spacial score (nSPS) is 10.1. The quantitative estimate of drug-likeness (QED) is 0.790. The molecule has 0 radical (unpaired) electrons. The molecule has 0 aliphatic heterocycles. The number of pyridine rings is 1. The minimum absolute atomic E-state index is 0.177. The molecule has 82 valence electrons. The Hall–Kier alpha value is -2.37. The number of amides is 1. The topological polar surface area (TPSA) is 94.0 Å². The number of aryl methyl sites for hydroxylation is 1. The summed E-state index contributed by atoms with van der Waals surface area (Å²) in [5.74, 6) is -0.205. The van der Waals surface area contributed by atoms with E-state index in [1.165, 1.54) is 12.6 Å². The monoisotopic (exact) mass is 218 g/mol. The Balaban J connectivity index is 2.21. The van der Waals surface area contributed by atoms with Crippen LogP contribution in [0.2, 0.25) is 0 Å². The fourth-order valence-corrected chi connectivity index (χ4v) is 1.22. The lowest BCUT2D eigenvalue weighted by Crippen LogP contribution is -2.13. The van der Waals surface area contributed by atoms with Gasteiger partial charge in [-0.15, -0.1) is 0 Å². The van der Waals surface area contributed by atoms with Gasteiger partial charge in [-0.2, -0.15) is 0 Å². The van der Waals surface area contributed by atoms with Gasteiger partial charge in [-0.3, -0.25) is 9.78 Å². The third-order valence-corrected chi connectivity index (χ3v) is 2.05. The molecule has 0 aliphatic carbocycles. The molecular weight excluding hydrogens is 208 g/mol. The number of anilines is 2. The average Bonchev–Trinajstić information content (AvgIpc) is 2.68. The van der Waals surface area contributed by atoms with Crippen LogP contribution in [-0.2, 0) is 0 Å². The molecule has 0 unspecified atom stereocenters. The van der Waals surface area contributed by atoms with Crippen molar-refractivity contribution in [3.8, 4) is 0 Å². The number of carbonyl (C=O) groups is 1. The van der Waals surface area contributed by atoms with E-state index in [0.717, 1.165) is 0 Å². The van der Waals surface area contributed by atoms with Crippen LogP contribution in [0.5, 0.6) is 0 Å². The summed E-state index contributed by atoms with van der Waals surface area (Å²) in [6.07, 6.45) is 4.22. The predicted octanol–water partition coefficient (Wildman–Crippen LogP) is 1.21. The van der Waals surface area contributed by atoms with E-state index in [9.17, 15) is 4.79 Å². The van der Waals surface area contributed by atoms with Gasteiger partial charge in [0.1, 0.15) is 0 Å². The fraction of sp³-hybridized carbons (Fsp3) is 0.100. The van der Waals surface area contributed by atoms with E-state index in [1.807, 2.05) is 0 Å². The van der Waals surface area contributed by atoms with Crippen molar-refractivity contribution in [2.45, 2.75) is 6.92 Å². The second kappa shape index (κ2) is 4.01. The number of nitrogens with zero attached hydrogens (tertiary/aromatic N) is 2. The zero-order chi connectivity index (χ0) is 11.5. The highest BCUT2D eigenvalue weighted by molar-refractivity contribution is 6.04. The Morgan fingerprint density at radius 3 is 3.00 bits per heavy atom. The van der Waals surface area contributed by atoms with E-state index in [1.54, 1.807) is 19.2 Å². The van der Waals surface area contributed by atoms with Crippen molar-refractivity contribution < 1.29 is 9.21 Å². The zero-order valence-electron chi connectivity index (χ0n) is 8.60. The number of hydrogen-bond donors (Lipinski definition) is 2. The van der Waals surface area contributed by atoms with E-state index < -0.39 is 0 Å². The van der Waals surface area contributed by atoms with Crippen LogP contribution in [-0.4, -0.2) is 15.9 Å². The molecule has 0 saturated carbocycles. The summed E-state index contributed by atoms with van der Waals surface area (Å²) < 4.78 is 4.96. The van der Waals surface area contributed by atoms with Gasteiger partial charge in [0.25, 0.3) is 5.91 Å². The summed E-state index contributed by atoms with van der Waals surface area (Å²) in [4.78, 5) is 19.4. The molecule has 0 saturated heterocycles. The van der Waals surface area contributed by atoms with Crippen molar-refractivity contribution in [1.82, 2.24) is 9.97 Å². The lowest BCUT2D eigenvalue weighted by Gasteiger charge is -2.05. The standard InChI is InChI=1S/C10H10N4O2/c1-6-9(16-5-13-6)10(15)14-8-2-3-12-4-7(8)11/h2-5H,11H2,1H3,(H,12,14,15). The van der Waals surface area contributed by atoms with Crippen molar-refractivity contribution in [2.24, 2.45) is 0 Å². The van der Waals surface area contributed by atoms with Gasteiger partial charge in [-0.1, -0.05) is 0 Å². The van der Waals surface area contributed by atoms with Crippen LogP contribution in [0.25, 0.3) is 0 Å². The molecule has 0 aromatic carbocycles. The molecule has 2 aromatic heterocycles. The molecule has 0 atom stereocenters. The van der Waals surface area contributed by atoms with E-state index in [0.29, 0.717) is 17.1 Å². The van der Waals surface area contributed by atoms with Crippen LogP contribution in [0.1, 0.15) is 16.2 Å². The molecule has 0 aliphatic rings. The second-order valence-electron chi connectivity index (χ2n) is 3.18. The van der Waals surface area contributed by atoms with Gasteiger partial charge in [0, 0.05) is 6.20 Å². The van der Waals surface area contributed by atoms with Crippen LogP contribution < -0.4 is 11.1 Å². The average molecular weight is 218 g/mol. The van der Waals surface area contributed by atoms with Gasteiger partial charge in [0.05, 0.1) is 23.3 Å². The molecule has 1 amide bonds. The van der Waals surface area contributed by atoms with Gasteiger partial charge in [0.2, 0.25) is 5.76 Å². The molecule has 0 bridgehead atoms. The first-order valence-corrected chi connectivity index (χ1v) is 4.59. The Bertz CT molecular complexity index is 521. The van der Waals surface area contributed by atoms with Crippen molar-refractivity contribution >= 4 is 17.3 Å². The summed E-state index contributed by atoms with van der Waals surface area (Å²) in [7, 11) is 0. The van der Waals surface area contributed by atoms with Crippen LogP contribution >= 0.6 is 0 Å². The summed E-state index contributed by atoms with van der Waals surface area (Å²) in [6.45, 7) is 1.69. The van der Waals surface area contributed by atoms with E-state index in [-0.39, 0.29) is 11.7 Å². The third kappa shape index (κ3) is 1.85. The van der Waals surface area contributed by atoms with Crippen molar-refractivity contribution in [2.75, 3.05) is 11.1 Å². The smallest absolute Gasteiger partial charge is 0.293 e. The van der Waals surface area contributed by atoms with Crippen LogP contribution in [0.15, 0.2) is 29.3 Å². The Morgan fingerprint density at radius 1 is 1.56 bits per heavy atom. The lowest BCUT2D eigenvalue weighted by atomic mass is 10.3. The number of hydrogen-bond acceptors (Lipinski definition) is 5. The molecule has 16 heavy (non-hydrogen) atoms. The first kappa shape index (κ1) is 10.2. The van der Waals surface area contributed by atoms with Gasteiger partial charge in [0.15, 0.2) is 6.39 Å². The van der Waals surface area contributed by atoms with Gasteiger partial charge >= 0.3 is 0 Å². The Morgan fingerprint density at radius 2 is 2.38 bits per heavy atom. The fourth-order valence-electron chi connectivity index (χ4n) is 1.22. The van der Waals surface area contributed by atoms with Crippen LogP contribution in [0, 0.1) is 6.92 Å². The van der Waals surface area contributed by atoms with Gasteiger partial charge in [-0.05, 0) is 13.0 Å². The molecule has 6 heteroatoms. The third-order valence-electron chi connectivity index (χ3n) is 2.05. The van der Waals surface area contributed by atoms with E-state index in [2.05, 4.69) is 15.3 Å². The number of nitrogen functional groups attached to an aromatic ring is 1. The maximum Gasteiger partial charge on any atom is 0.293 e. The molecular formula is C10H10N4O2. The summed E-state index contributed by atoms with van der Waals surface area (Å²) in [5.41, 5.74) is 7.06. The minimum Gasteiger partial charge on any atom is -0.438 e. The molecule has 2 heterocycles. The number of carbonyl (C=O) groups excluding carboxylic acids is 1. The van der Waals surface area contributed by atoms with E-state index in [4.69, 9.17) is 10.2 Å². The first-order chi connectivity index (χ1) is 7.68. The zero-order valence-corrected chi connectivity index (χ0v) is 8.60. The molecule has 2 aromatic rings.